The summed E-state index contributed by atoms with van der Waals surface area (Å²) >= 11 is 5.71. The van der Waals surface area contributed by atoms with Crippen LogP contribution >= 0.6 is 11.6 Å². The number of rotatable bonds is 8. The lowest BCUT2D eigenvalue weighted by atomic mass is 10.0. The number of nitro groups is 1. The first-order valence-electron chi connectivity index (χ1n) is 10.3. The SMILES string of the molecule is CN(C(=O)OC(C)(C)C)C1CCN(c2ccc([N+](=O)[O-])cc2OCCCCCl)CC1. The van der Waals surface area contributed by atoms with Gasteiger partial charge in [0.1, 0.15) is 11.4 Å². The molecule has 1 aliphatic heterocycles. The summed E-state index contributed by atoms with van der Waals surface area (Å²) < 4.78 is 11.3. The van der Waals surface area contributed by atoms with Crippen LogP contribution in [0.2, 0.25) is 0 Å². The molecule has 30 heavy (non-hydrogen) atoms. The Morgan fingerprint density at radius 3 is 2.53 bits per heavy atom. The van der Waals surface area contributed by atoms with Crippen LogP contribution in [0, 0.1) is 10.1 Å². The van der Waals surface area contributed by atoms with Gasteiger partial charge < -0.3 is 19.3 Å². The highest BCUT2D eigenvalue weighted by Crippen LogP contribution is 2.34. The van der Waals surface area contributed by atoms with Crippen molar-refractivity contribution in [3.05, 3.63) is 28.3 Å². The van der Waals surface area contributed by atoms with E-state index in [1.54, 1.807) is 18.0 Å². The number of alkyl halides is 1. The summed E-state index contributed by atoms with van der Waals surface area (Å²) in [5.41, 5.74) is 0.316. The summed E-state index contributed by atoms with van der Waals surface area (Å²) in [6.07, 6.45) is 2.85. The number of ether oxygens (including phenoxy) is 2. The van der Waals surface area contributed by atoms with Gasteiger partial charge in [-0.25, -0.2) is 4.79 Å². The van der Waals surface area contributed by atoms with E-state index in [9.17, 15) is 14.9 Å². The van der Waals surface area contributed by atoms with Crippen molar-refractivity contribution in [1.82, 2.24) is 4.90 Å². The molecule has 1 amide bonds. The second-order valence-corrected chi connectivity index (χ2v) is 8.84. The largest absolute Gasteiger partial charge is 0.491 e. The minimum Gasteiger partial charge on any atom is -0.491 e. The highest BCUT2D eigenvalue weighted by atomic mass is 35.5. The van der Waals surface area contributed by atoms with Crippen molar-refractivity contribution in [2.75, 3.05) is 37.5 Å². The molecule has 1 heterocycles. The number of hydrogen-bond donors (Lipinski definition) is 0. The standard InChI is InChI=1S/C21H32ClN3O5/c1-21(2,3)30-20(26)23(4)16-9-12-24(13-10-16)18-8-7-17(25(27)28)15-19(18)29-14-6-5-11-22/h7-8,15-16H,5-6,9-14H2,1-4H3. The predicted molar refractivity (Wildman–Crippen MR) is 118 cm³/mol. The molecule has 0 radical (unpaired) electrons. The smallest absolute Gasteiger partial charge is 0.410 e. The second-order valence-electron chi connectivity index (χ2n) is 8.46. The molecule has 1 aromatic carbocycles. The maximum atomic E-state index is 12.3. The average molecular weight is 442 g/mol. The van der Waals surface area contributed by atoms with Crippen molar-refractivity contribution in [2.45, 2.75) is 58.1 Å². The first kappa shape index (κ1) is 24.1. The fourth-order valence-corrected chi connectivity index (χ4v) is 3.54. The van der Waals surface area contributed by atoms with Gasteiger partial charge in [0.05, 0.1) is 23.3 Å². The zero-order chi connectivity index (χ0) is 22.3. The van der Waals surface area contributed by atoms with E-state index >= 15 is 0 Å². The summed E-state index contributed by atoms with van der Waals surface area (Å²) in [5.74, 6) is 1.07. The van der Waals surface area contributed by atoms with Crippen molar-refractivity contribution >= 4 is 29.1 Å². The third kappa shape index (κ3) is 6.93. The highest BCUT2D eigenvalue weighted by molar-refractivity contribution is 6.17. The molecule has 8 nitrogen and oxygen atoms in total. The van der Waals surface area contributed by atoms with Crippen molar-refractivity contribution in [3.8, 4) is 5.75 Å². The maximum Gasteiger partial charge on any atom is 0.410 e. The van der Waals surface area contributed by atoms with Crippen LogP contribution in [0.15, 0.2) is 18.2 Å². The number of nitro benzene ring substituents is 1. The first-order valence-corrected chi connectivity index (χ1v) is 10.8. The Morgan fingerprint density at radius 2 is 1.97 bits per heavy atom. The van der Waals surface area contributed by atoms with E-state index in [4.69, 9.17) is 21.1 Å². The molecule has 0 unspecified atom stereocenters. The number of unbranched alkanes of at least 4 members (excludes halogenated alkanes) is 1. The minimum absolute atomic E-state index is 0.00522. The fourth-order valence-electron chi connectivity index (χ4n) is 3.35. The molecule has 168 valence electrons. The second kappa shape index (κ2) is 10.7. The number of amides is 1. The topological polar surface area (TPSA) is 85.2 Å². The lowest BCUT2D eigenvalue weighted by Crippen LogP contribution is -2.47. The van der Waals surface area contributed by atoms with Crippen LogP contribution in [-0.4, -0.2) is 60.2 Å². The summed E-state index contributed by atoms with van der Waals surface area (Å²) in [7, 11) is 1.77. The Balaban J connectivity index is 2.04. The van der Waals surface area contributed by atoms with Crippen LogP contribution in [0.1, 0.15) is 46.5 Å². The van der Waals surface area contributed by atoms with Gasteiger partial charge in [0, 0.05) is 38.1 Å². The number of anilines is 1. The minimum atomic E-state index is -0.527. The van der Waals surface area contributed by atoms with Gasteiger partial charge in [0.15, 0.2) is 0 Å². The molecule has 1 aromatic rings. The van der Waals surface area contributed by atoms with E-state index < -0.39 is 10.5 Å². The van der Waals surface area contributed by atoms with E-state index in [2.05, 4.69) is 4.90 Å². The van der Waals surface area contributed by atoms with Gasteiger partial charge in [-0.1, -0.05) is 0 Å². The fraction of sp³-hybridized carbons (Fsp3) is 0.667. The average Bonchev–Trinajstić information content (AvgIpc) is 2.69. The van der Waals surface area contributed by atoms with Gasteiger partial charge >= 0.3 is 6.09 Å². The zero-order valence-electron chi connectivity index (χ0n) is 18.2. The number of halogens is 1. The third-order valence-electron chi connectivity index (χ3n) is 4.97. The molecule has 0 saturated carbocycles. The van der Waals surface area contributed by atoms with Crippen LogP contribution in [0.4, 0.5) is 16.2 Å². The van der Waals surface area contributed by atoms with Crippen LogP contribution in [0.25, 0.3) is 0 Å². The lowest BCUT2D eigenvalue weighted by molar-refractivity contribution is -0.384. The molecule has 2 rings (SSSR count). The quantitative estimate of drug-likeness (QED) is 0.248. The van der Waals surface area contributed by atoms with Crippen LogP contribution in [0.3, 0.4) is 0 Å². The van der Waals surface area contributed by atoms with Crippen molar-refractivity contribution in [2.24, 2.45) is 0 Å². The molecule has 0 aliphatic carbocycles. The van der Waals surface area contributed by atoms with Crippen molar-refractivity contribution in [1.29, 1.82) is 0 Å². The monoisotopic (exact) mass is 441 g/mol. The van der Waals surface area contributed by atoms with Gasteiger partial charge in [-0.15, -0.1) is 11.6 Å². The van der Waals surface area contributed by atoms with E-state index in [0.717, 1.165) is 31.4 Å². The molecule has 9 heteroatoms. The predicted octanol–water partition coefficient (Wildman–Crippen LogP) is 4.83. The molecule has 0 N–H and O–H groups in total. The summed E-state index contributed by atoms with van der Waals surface area (Å²) in [4.78, 5) is 26.9. The van der Waals surface area contributed by atoms with E-state index in [-0.39, 0.29) is 17.8 Å². The third-order valence-corrected chi connectivity index (χ3v) is 5.24. The normalized spacial score (nSPS) is 15.0. The number of benzene rings is 1. The van der Waals surface area contributed by atoms with Gasteiger partial charge in [-0.2, -0.15) is 0 Å². The van der Waals surface area contributed by atoms with E-state index in [0.29, 0.717) is 31.3 Å². The van der Waals surface area contributed by atoms with Crippen molar-refractivity contribution in [3.63, 3.8) is 0 Å². The van der Waals surface area contributed by atoms with E-state index in [1.807, 2.05) is 20.8 Å². The Labute approximate surface area is 183 Å². The first-order chi connectivity index (χ1) is 14.1. The summed E-state index contributed by atoms with van der Waals surface area (Å²) in [6, 6.07) is 4.81. The number of carbonyl (C=O) groups excluding carboxylic acids is 1. The highest BCUT2D eigenvalue weighted by Gasteiger charge is 2.29. The number of carbonyl (C=O) groups is 1. The Hall–Kier alpha value is -2.22. The number of nitrogens with zero attached hydrogens (tertiary/aromatic N) is 3. The molecule has 0 spiro atoms. The molecule has 0 aromatic heterocycles. The number of hydrogen-bond acceptors (Lipinski definition) is 6. The number of non-ortho nitro benzene ring substituents is 1. The maximum absolute atomic E-state index is 12.3. The molecule has 1 fully saturated rings. The molecular weight excluding hydrogens is 410 g/mol. The summed E-state index contributed by atoms with van der Waals surface area (Å²) in [5, 5.41) is 11.2. The Kier molecular flexibility index (Phi) is 8.58. The van der Waals surface area contributed by atoms with Gasteiger partial charge in [-0.3, -0.25) is 10.1 Å². The molecule has 0 bridgehead atoms. The number of piperidine rings is 1. The van der Waals surface area contributed by atoms with Crippen LogP contribution in [0.5, 0.6) is 5.75 Å². The molecular formula is C21H32ClN3O5. The molecule has 0 atom stereocenters. The molecule has 1 aliphatic rings. The van der Waals surface area contributed by atoms with Gasteiger partial charge in [-0.05, 0) is 52.5 Å². The summed E-state index contributed by atoms with van der Waals surface area (Å²) in [6.45, 7) is 7.44. The van der Waals surface area contributed by atoms with Crippen LogP contribution < -0.4 is 9.64 Å². The zero-order valence-corrected chi connectivity index (χ0v) is 19.0. The van der Waals surface area contributed by atoms with Gasteiger partial charge in [0.25, 0.3) is 5.69 Å². The molecule has 1 saturated heterocycles. The Morgan fingerprint density at radius 1 is 1.30 bits per heavy atom. The van der Waals surface area contributed by atoms with Crippen molar-refractivity contribution < 1.29 is 19.2 Å². The van der Waals surface area contributed by atoms with E-state index in [1.165, 1.54) is 12.1 Å². The Bertz CT molecular complexity index is 730. The van der Waals surface area contributed by atoms with Crippen LogP contribution in [-0.2, 0) is 4.74 Å². The lowest BCUT2D eigenvalue weighted by Gasteiger charge is -2.38. The van der Waals surface area contributed by atoms with Gasteiger partial charge in [0.2, 0.25) is 0 Å².